The van der Waals surface area contributed by atoms with Crippen molar-refractivity contribution < 1.29 is 0 Å². The predicted octanol–water partition coefficient (Wildman–Crippen LogP) is 3.07. The van der Waals surface area contributed by atoms with Crippen molar-refractivity contribution in [3.8, 4) is 0 Å². The smallest absolute Gasteiger partial charge is 0.0489 e. The summed E-state index contributed by atoms with van der Waals surface area (Å²) in [6, 6.07) is 2.53. The van der Waals surface area contributed by atoms with E-state index in [1.807, 2.05) is 0 Å². The summed E-state index contributed by atoms with van der Waals surface area (Å²) in [5, 5.41) is 7.40. The van der Waals surface area contributed by atoms with E-state index in [9.17, 15) is 0 Å². The zero-order chi connectivity index (χ0) is 17.8. The standard InChI is InChI=1S/C22H42N4/c23-12-13-24-15-17-6-8-18(9-7-17)19-10-11-21-22(14-19)26(16-25-21)20-4-2-1-3-5-20/h17-22,24-25H,1-16,23H2. The summed E-state index contributed by atoms with van der Waals surface area (Å²) in [5.41, 5.74) is 5.60. The highest BCUT2D eigenvalue weighted by Crippen LogP contribution is 2.43. The Bertz CT molecular complexity index is 414. The fraction of sp³-hybridized carbons (Fsp3) is 1.00. The molecule has 0 bridgehead atoms. The van der Waals surface area contributed by atoms with Crippen LogP contribution >= 0.6 is 0 Å². The Morgan fingerprint density at radius 3 is 2.42 bits per heavy atom. The summed E-state index contributed by atoms with van der Waals surface area (Å²) in [6.45, 7) is 4.12. The number of fused-ring (bicyclic) bond motifs is 1. The van der Waals surface area contributed by atoms with E-state index >= 15 is 0 Å². The van der Waals surface area contributed by atoms with Gasteiger partial charge in [0.25, 0.3) is 0 Å². The largest absolute Gasteiger partial charge is 0.329 e. The first-order valence-corrected chi connectivity index (χ1v) is 11.7. The van der Waals surface area contributed by atoms with Crippen molar-refractivity contribution in [2.75, 3.05) is 26.3 Å². The molecule has 1 aliphatic heterocycles. The maximum Gasteiger partial charge on any atom is 0.0489 e. The van der Waals surface area contributed by atoms with Gasteiger partial charge in [-0.15, -0.1) is 0 Å². The normalized spacial score (nSPS) is 39.8. The van der Waals surface area contributed by atoms with Crippen LogP contribution in [0.5, 0.6) is 0 Å². The Morgan fingerprint density at radius 1 is 0.885 bits per heavy atom. The summed E-state index contributed by atoms with van der Waals surface area (Å²) >= 11 is 0. The van der Waals surface area contributed by atoms with Crippen molar-refractivity contribution >= 4 is 0 Å². The Balaban J connectivity index is 1.27. The van der Waals surface area contributed by atoms with Gasteiger partial charge < -0.3 is 11.1 Å². The van der Waals surface area contributed by atoms with Crippen LogP contribution in [0.1, 0.15) is 77.0 Å². The minimum absolute atomic E-state index is 0.769. The van der Waals surface area contributed by atoms with Crippen LogP contribution in [0.2, 0.25) is 0 Å². The van der Waals surface area contributed by atoms with Crippen LogP contribution in [0.15, 0.2) is 0 Å². The number of rotatable bonds is 6. The topological polar surface area (TPSA) is 53.3 Å². The summed E-state index contributed by atoms with van der Waals surface area (Å²) in [7, 11) is 0. The van der Waals surface area contributed by atoms with Crippen LogP contribution in [0.3, 0.4) is 0 Å². The van der Waals surface area contributed by atoms with Crippen LogP contribution in [0.25, 0.3) is 0 Å². The van der Waals surface area contributed by atoms with E-state index in [0.29, 0.717) is 0 Å². The third-order valence-electron chi connectivity index (χ3n) is 8.18. The van der Waals surface area contributed by atoms with Gasteiger partial charge in [0.2, 0.25) is 0 Å². The van der Waals surface area contributed by atoms with E-state index in [0.717, 1.165) is 49.0 Å². The lowest BCUT2D eigenvalue weighted by Gasteiger charge is -2.43. The Kier molecular flexibility index (Phi) is 6.90. The molecule has 4 aliphatic rings. The van der Waals surface area contributed by atoms with E-state index in [2.05, 4.69) is 15.5 Å². The van der Waals surface area contributed by atoms with Gasteiger partial charge in [0.1, 0.15) is 0 Å². The lowest BCUT2D eigenvalue weighted by atomic mass is 9.69. The van der Waals surface area contributed by atoms with Crippen LogP contribution in [-0.4, -0.2) is 49.3 Å². The second-order valence-electron chi connectivity index (χ2n) is 9.69. The third kappa shape index (κ3) is 4.45. The third-order valence-corrected chi connectivity index (χ3v) is 8.18. The molecule has 0 aromatic heterocycles. The van der Waals surface area contributed by atoms with Gasteiger partial charge in [0.15, 0.2) is 0 Å². The van der Waals surface area contributed by atoms with Crippen molar-refractivity contribution in [2.45, 2.75) is 95.2 Å². The fourth-order valence-electron chi connectivity index (χ4n) is 6.64. The Morgan fingerprint density at radius 2 is 1.65 bits per heavy atom. The van der Waals surface area contributed by atoms with Gasteiger partial charge in [-0.3, -0.25) is 10.2 Å². The van der Waals surface area contributed by atoms with Crippen LogP contribution in [0.4, 0.5) is 0 Å². The van der Waals surface area contributed by atoms with E-state index in [4.69, 9.17) is 5.73 Å². The molecule has 3 saturated carbocycles. The first-order valence-electron chi connectivity index (χ1n) is 11.7. The molecule has 0 spiro atoms. The molecule has 4 rings (SSSR count). The molecule has 26 heavy (non-hydrogen) atoms. The average molecular weight is 363 g/mol. The van der Waals surface area contributed by atoms with Crippen LogP contribution < -0.4 is 16.4 Å². The second-order valence-corrected chi connectivity index (χ2v) is 9.69. The lowest BCUT2D eigenvalue weighted by Crippen LogP contribution is -2.47. The highest BCUT2D eigenvalue weighted by atomic mass is 15.3. The number of nitrogens with two attached hydrogens (primary N) is 1. The number of hydrogen-bond donors (Lipinski definition) is 3. The van der Waals surface area contributed by atoms with Gasteiger partial charge in [-0.2, -0.15) is 0 Å². The van der Waals surface area contributed by atoms with Gasteiger partial charge in [-0.1, -0.05) is 19.3 Å². The van der Waals surface area contributed by atoms with Crippen molar-refractivity contribution in [3.63, 3.8) is 0 Å². The van der Waals surface area contributed by atoms with E-state index in [1.54, 1.807) is 0 Å². The molecule has 150 valence electrons. The molecular formula is C22H42N4. The van der Waals surface area contributed by atoms with Gasteiger partial charge in [-0.25, -0.2) is 0 Å². The van der Waals surface area contributed by atoms with Crippen LogP contribution in [0, 0.1) is 17.8 Å². The maximum absolute atomic E-state index is 5.60. The van der Waals surface area contributed by atoms with Gasteiger partial charge in [0.05, 0.1) is 0 Å². The molecule has 3 aliphatic carbocycles. The lowest BCUT2D eigenvalue weighted by molar-refractivity contribution is 0.0757. The maximum atomic E-state index is 5.60. The number of nitrogens with zero attached hydrogens (tertiary/aromatic N) is 1. The SMILES string of the molecule is NCCNCC1CCC(C2CCC3NCN(C4CCCCC4)C3C2)CC1. The summed E-state index contributed by atoms with van der Waals surface area (Å²) in [6.07, 6.45) is 17.5. The summed E-state index contributed by atoms with van der Waals surface area (Å²) in [5.74, 6) is 2.91. The molecule has 4 N–H and O–H groups in total. The van der Waals surface area contributed by atoms with Crippen molar-refractivity contribution in [3.05, 3.63) is 0 Å². The molecule has 4 fully saturated rings. The first kappa shape index (κ1) is 19.2. The average Bonchev–Trinajstić information content (AvgIpc) is 3.13. The monoisotopic (exact) mass is 362 g/mol. The minimum atomic E-state index is 0.769. The van der Waals surface area contributed by atoms with E-state index in [1.165, 1.54) is 90.3 Å². The quantitative estimate of drug-likeness (QED) is 0.636. The molecule has 0 radical (unpaired) electrons. The fourth-order valence-corrected chi connectivity index (χ4v) is 6.64. The summed E-state index contributed by atoms with van der Waals surface area (Å²) < 4.78 is 0. The highest BCUT2D eigenvalue weighted by molar-refractivity contribution is 4.99. The van der Waals surface area contributed by atoms with Crippen molar-refractivity contribution in [1.29, 1.82) is 0 Å². The molecule has 1 heterocycles. The molecular weight excluding hydrogens is 320 g/mol. The number of nitrogens with one attached hydrogen (secondary N) is 2. The molecule has 4 heteroatoms. The summed E-state index contributed by atoms with van der Waals surface area (Å²) in [4.78, 5) is 2.90. The molecule has 0 aromatic carbocycles. The highest BCUT2D eigenvalue weighted by Gasteiger charge is 2.43. The predicted molar refractivity (Wildman–Crippen MR) is 109 cm³/mol. The zero-order valence-electron chi connectivity index (χ0n) is 16.8. The molecule has 4 nitrogen and oxygen atoms in total. The first-order chi connectivity index (χ1) is 12.8. The Labute approximate surface area is 161 Å². The minimum Gasteiger partial charge on any atom is -0.329 e. The zero-order valence-corrected chi connectivity index (χ0v) is 16.8. The van der Waals surface area contributed by atoms with Crippen molar-refractivity contribution in [2.24, 2.45) is 23.5 Å². The molecule has 3 atom stereocenters. The second kappa shape index (κ2) is 9.36. The number of hydrogen-bond acceptors (Lipinski definition) is 4. The van der Waals surface area contributed by atoms with Crippen molar-refractivity contribution in [1.82, 2.24) is 15.5 Å². The molecule has 1 saturated heterocycles. The molecule has 0 amide bonds. The van der Waals surface area contributed by atoms with E-state index in [-0.39, 0.29) is 0 Å². The Hall–Kier alpha value is -0.160. The van der Waals surface area contributed by atoms with Crippen LogP contribution in [-0.2, 0) is 0 Å². The molecule has 3 unspecified atom stereocenters. The van der Waals surface area contributed by atoms with E-state index < -0.39 is 0 Å². The van der Waals surface area contributed by atoms with Gasteiger partial charge >= 0.3 is 0 Å². The van der Waals surface area contributed by atoms with Gasteiger partial charge in [0, 0.05) is 37.9 Å². The molecule has 0 aromatic rings. The van der Waals surface area contributed by atoms with Gasteiger partial charge in [-0.05, 0) is 82.1 Å².